The van der Waals surface area contributed by atoms with Crippen molar-refractivity contribution in [2.45, 2.75) is 62.1 Å². The molecule has 0 aliphatic carbocycles. The summed E-state index contributed by atoms with van der Waals surface area (Å²) in [6, 6.07) is 16.2. The number of carbonyl (C=O) groups excluding carboxylic acids is 2. The molecule has 2 aromatic carbocycles. The maximum absolute atomic E-state index is 16.9. The maximum Gasteiger partial charge on any atom is 0.475 e. The second kappa shape index (κ2) is 18.6. The molecule has 3 aromatic heterocycles. The van der Waals surface area contributed by atoms with Crippen molar-refractivity contribution >= 4 is 55.5 Å². The number of phosphoric acid groups is 2. The molecule has 63 heavy (non-hydrogen) atoms. The van der Waals surface area contributed by atoms with Crippen molar-refractivity contribution in [3.63, 3.8) is 0 Å². The quantitative estimate of drug-likeness (QED) is 0.107. The number of aromatic nitrogens is 7. The number of hydrogen-bond donors (Lipinski definition) is 1. The lowest BCUT2D eigenvalue weighted by atomic mass is 10.1. The molecule has 27 heteroatoms. The van der Waals surface area contributed by atoms with E-state index in [0.29, 0.717) is 5.56 Å². The third-order valence-electron chi connectivity index (χ3n) is 9.81. The number of carbonyl (C=O) groups is 2. The van der Waals surface area contributed by atoms with Crippen LogP contribution in [0.2, 0.25) is 0 Å². The van der Waals surface area contributed by atoms with Gasteiger partial charge in [-0.2, -0.15) is 10.5 Å². The molecule has 0 saturated carbocycles. The van der Waals surface area contributed by atoms with Crippen LogP contribution in [0.15, 0.2) is 61.2 Å². The summed E-state index contributed by atoms with van der Waals surface area (Å²) in [6.45, 7) is -2.85. The predicted molar refractivity (Wildman–Crippen MR) is 205 cm³/mol. The molecular formula is C36H34F2N10O13P2. The van der Waals surface area contributed by atoms with Gasteiger partial charge >= 0.3 is 21.6 Å². The van der Waals surface area contributed by atoms with Gasteiger partial charge < -0.3 is 19.5 Å². The molecule has 0 bridgehead atoms. The van der Waals surface area contributed by atoms with Crippen LogP contribution in [0.4, 0.5) is 14.6 Å². The number of ether oxygens (including phenoxy) is 3. The number of hydrogen-bond acceptors (Lipinski definition) is 20. The Morgan fingerprint density at radius 3 is 2.13 bits per heavy atom. The van der Waals surface area contributed by atoms with Crippen LogP contribution in [-0.2, 0) is 50.5 Å². The molecule has 0 radical (unpaired) electrons. The SMILES string of the molecule is COC(=O)c1cccc2c1nnn2[C@@H]1O[C@@H]2COP(=O)(OCCC#N)O[C@H]3[C@@H](F)[C@H](n4cnc5c(NC(=O)c6ccccc6)ncnc54)O[C@@H]3COP(=O)(OCCC#N)O[C@H]2[C@H]1F. The Bertz CT molecular complexity index is 2680. The van der Waals surface area contributed by atoms with Gasteiger partial charge in [0.15, 0.2) is 41.8 Å². The third-order valence-corrected chi connectivity index (χ3v) is 12.7. The molecule has 6 heterocycles. The number of nitrogens with one attached hydrogen (secondary N) is 1. The summed E-state index contributed by atoms with van der Waals surface area (Å²) in [4.78, 5) is 38.0. The zero-order chi connectivity index (χ0) is 44.3. The van der Waals surface area contributed by atoms with Crippen LogP contribution < -0.4 is 5.32 Å². The number of methoxy groups -OCH3 is 1. The van der Waals surface area contributed by atoms with E-state index in [1.54, 1.807) is 30.3 Å². The molecule has 23 nitrogen and oxygen atoms in total. The van der Waals surface area contributed by atoms with Crippen molar-refractivity contribution in [2.24, 2.45) is 0 Å². The van der Waals surface area contributed by atoms with Crippen molar-refractivity contribution in [1.29, 1.82) is 10.5 Å². The average molecular weight is 915 g/mol. The minimum absolute atomic E-state index is 0.00452. The number of halogens is 2. The van der Waals surface area contributed by atoms with E-state index in [1.165, 1.54) is 18.2 Å². The maximum atomic E-state index is 16.9. The Balaban J connectivity index is 1.11. The Morgan fingerprint density at radius 2 is 1.49 bits per heavy atom. The number of rotatable bonds is 11. The van der Waals surface area contributed by atoms with Gasteiger partial charge in [0.2, 0.25) is 0 Å². The highest BCUT2D eigenvalue weighted by molar-refractivity contribution is 7.48. The molecule has 330 valence electrons. The van der Waals surface area contributed by atoms with Crippen molar-refractivity contribution in [1.82, 2.24) is 34.5 Å². The summed E-state index contributed by atoms with van der Waals surface area (Å²) >= 11 is 0. The molecule has 0 spiro atoms. The highest BCUT2D eigenvalue weighted by Gasteiger charge is 2.56. The number of amides is 1. The van der Waals surface area contributed by atoms with Gasteiger partial charge in [0.25, 0.3) is 5.91 Å². The fourth-order valence-electron chi connectivity index (χ4n) is 6.88. The Morgan fingerprint density at radius 1 is 0.857 bits per heavy atom. The van der Waals surface area contributed by atoms with Crippen LogP contribution in [-0.4, -0.2) is 117 Å². The van der Waals surface area contributed by atoms with Crippen molar-refractivity contribution in [2.75, 3.05) is 38.9 Å². The minimum atomic E-state index is -4.98. The highest BCUT2D eigenvalue weighted by atomic mass is 31.2. The molecule has 2 unspecified atom stereocenters. The van der Waals surface area contributed by atoms with Gasteiger partial charge in [-0.15, -0.1) is 5.10 Å². The monoisotopic (exact) mass is 914 g/mol. The molecular weight excluding hydrogens is 880 g/mol. The van der Waals surface area contributed by atoms with Crippen molar-refractivity contribution < 1.29 is 68.9 Å². The number of fused-ring (bicyclic) bond motifs is 4. The number of alkyl halides is 2. The van der Waals surface area contributed by atoms with Gasteiger partial charge in [0.05, 0.1) is 75.9 Å². The van der Waals surface area contributed by atoms with E-state index < -0.39 is 103 Å². The van der Waals surface area contributed by atoms with Gasteiger partial charge in [-0.25, -0.2) is 42.3 Å². The summed E-state index contributed by atoms with van der Waals surface area (Å²) in [5.74, 6) is -1.29. The lowest BCUT2D eigenvalue weighted by Crippen LogP contribution is -2.38. The van der Waals surface area contributed by atoms with E-state index in [1.807, 2.05) is 12.1 Å². The lowest BCUT2D eigenvalue weighted by Gasteiger charge is -2.30. The fraction of sp³-hybridized carbons (Fsp3) is 0.417. The number of nitriles is 2. The van der Waals surface area contributed by atoms with Crippen LogP contribution in [0.3, 0.4) is 0 Å². The summed E-state index contributed by atoms with van der Waals surface area (Å²) < 4.78 is 115. The first-order chi connectivity index (χ1) is 30.5. The molecule has 5 aromatic rings. The van der Waals surface area contributed by atoms with E-state index in [9.17, 15) is 29.2 Å². The van der Waals surface area contributed by atoms with Crippen molar-refractivity contribution in [3.8, 4) is 12.1 Å². The minimum Gasteiger partial charge on any atom is -0.465 e. The molecule has 3 saturated heterocycles. The largest absolute Gasteiger partial charge is 0.475 e. The number of imidazole rings is 1. The second-order valence-corrected chi connectivity index (χ2v) is 16.9. The third kappa shape index (κ3) is 8.94. The predicted octanol–water partition coefficient (Wildman–Crippen LogP) is 4.68. The van der Waals surface area contributed by atoms with Gasteiger partial charge in [-0.1, -0.05) is 29.5 Å². The number of phosphoric ester groups is 2. The Kier molecular flexibility index (Phi) is 13.0. The first-order valence-electron chi connectivity index (χ1n) is 18.9. The molecule has 3 aliphatic heterocycles. The van der Waals surface area contributed by atoms with Gasteiger partial charge in [0.1, 0.15) is 36.3 Å². The summed E-state index contributed by atoms with van der Waals surface area (Å²) in [5.41, 5.74) is 0.472. The molecule has 1 amide bonds. The van der Waals surface area contributed by atoms with E-state index in [0.717, 1.165) is 29.0 Å². The molecule has 10 atom stereocenters. The van der Waals surface area contributed by atoms with Crippen LogP contribution in [0, 0.1) is 22.7 Å². The van der Waals surface area contributed by atoms with E-state index in [-0.39, 0.29) is 46.4 Å². The van der Waals surface area contributed by atoms with Crippen LogP contribution in [0.5, 0.6) is 0 Å². The highest BCUT2D eigenvalue weighted by Crippen LogP contribution is 2.58. The van der Waals surface area contributed by atoms with Gasteiger partial charge in [-0.05, 0) is 24.3 Å². The molecule has 3 aliphatic rings. The fourth-order valence-corrected chi connectivity index (χ4v) is 9.67. The Labute approximate surface area is 354 Å². The topological polar surface area (TPSA) is 285 Å². The smallest absolute Gasteiger partial charge is 0.465 e. The zero-order valence-corrected chi connectivity index (χ0v) is 34.4. The van der Waals surface area contributed by atoms with E-state index in [2.05, 4.69) is 30.6 Å². The summed E-state index contributed by atoms with van der Waals surface area (Å²) in [7, 11) is -8.79. The summed E-state index contributed by atoms with van der Waals surface area (Å²) in [5, 5.41) is 29.0. The van der Waals surface area contributed by atoms with E-state index >= 15 is 8.78 Å². The second-order valence-electron chi connectivity index (χ2n) is 13.7. The molecule has 1 N–H and O–H groups in total. The normalized spacial score (nSPS) is 29.7. The number of benzene rings is 2. The molecule has 3 fully saturated rings. The van der Waals surface area contributed by atoms with Crippen LogP contribution in [0.25, 0.3) is 22.2 Å². The lowest BCUT2D eigenvalue weighted by molar-refractivity contribution is -0.0717. The van der Waals surface area contributed by atoms with Gasteiger partial charge in [-0.3, -0.25) is 36.5 Å². The standard InChI is InChI=1S/C36H34F2N10O13P2/c1-53-36(50)21-10-5-11-22-27(21)45-46-48(22)35-26(38)30-24(59-35)17-57-62(51,54-14-6-12-39)60-29-23(16-56-63(52,61-30)55-15-7-13-40)58-34(25(29)37)47-19-43-28-31(41-18-42-32(28)47)44-33(49)20-8-3-2-4-9-20/h2-5,8-11,18-19,23-26,29-30,34-35H,6-7,14-17H2,1H3,(H,41,42,44,49)/t23-,24-,25-,26-,29-,30-,34-,35-,62?,63?/m1/s1. The number of anilines is 1. The first kappa shape index (κ1) is 43.9. The number of esters is 1. The summed E-state index contributed by atoms with van der Waals surface area (Å²) in [6.07, 6.45) is -13.5. The molecule has 8 rings (SSSR count). The first-order valence-corrected chi connectivity index (χ1v) is 21.8. The van der Waals surface area contributed by atoms with Crippen LogP contribution in [0.1, 0.15) is 46.0 Å². The van der Waals surface area contributed by atoms with E-state index in [4.69, 9.17) is 41.4 Å². The van der Waals surface area contributed by atoms with Crippen molar-refractivity contribution in [3.05, 3.63) is 72.3 Å². The Hall–Kier alpha value is -5.69. The average Bonchev–Trinajstić information content (AvgIpc) is 4.06. The number of nitrogens with zero attached hydrogens (tertiary/aromatic N) is 9. The zero-order valence-electron chi connectivity index (χ0n) is 32.6. The van der Waals surface area contributed by atoms with Gasteiger partial charge in [0, 0.05) is 5.56 Å². The van der Waals surface area contributed by atoms with Crippen LogP contribution >= 0.6 is 15.6 Å².